The zero-order valence-corrected chi connectivity index (χ0v) is 19.6. The van der Waals surface area contributed by atoms with Gasteiger partial charge in [0.15, 0.2) is 0 Å². The van der Waals surface area contributed by atoms with Crippen molar-refractivity contribution in [1.29, 1.82) is 0 Å². The van der Waals surface area contributed by atoms with E-state index in [4.69, 9.17) is 0 Å². The molecule has 5 nitrogen and oxygen atoms in total. The smallest absolute Gasteiger partial charge is 0.255 e. The largest absolute Gasteiger partial charge is 0.348 e. The molecule has 3 aromatic rings. The molecule has 0 spiro atoms. The maximum absolute atomic E-state index is 13.5. The van der Waals surface area contributed by atoms with Crippen LogP contribution in [0, 0.1) is 12.3 Å². The van der Waals surface area contributed by atoms with Gasteiger partial charge in [-0.25, -0.2) is 0 Å². The zero-order chi connectivity index (χ0) is 23.4. The first-order valence-electron chi connectivity index (χ1n) is 11.5. The molecular weight excluding hydrogens is 410 g/mol. The molecule has 2 heterocycles. The average Bonchev–Trinajstić information content (AvgIpc) is 2.85. The lowest BCUT2D eigenvalue weighted by Gasteiger charge is -2.42. The van der Waals surface area contributed by atoms with Crippen molar-refractivity contribution in [2.75, 3.05) is 27.2 Å². The molecule has 0 bridgehead atoms. The molecule has 0 saturated carbocycles. The Hall–Kier alpha value is -3.47. The number of hydrogen-bond donors (Lipinski definition) is 0. The molecule has 0 unspecified atom stereocenters. The third-order valence-electron chi connectivity index (χ3n) is 6.76. The van der Waals surface area contributed by atoms with Crippen molar-refractivity contribution in [1.82, 2.24) is 14.8 Å². The van der Waals surface area contributed by atoms with Crippen molar-refractivity contribution in [3.63, 3.8) is 0 Å². The Bertz CT molecular complexity index is 1130. The highest BCUT2D eigenvalue weighted by atomic mass is 16.2. The topological polar surface area (TPSA) is 53.5 Å². The normalized spacial score (nSPS) is 15.2. The summed E-state index contributed by atoms with van der Waals surface area (Å²) in [4.78, 5) is 34.1. The van der Waals surface area contributed by atoms with E-state index in [1.165, 1.54) is 22.3 Å². The quantitative estimate of drug-likeness (QED) is 0.581. The number of benzene rings is 2. The van der Waals surface area contributed by atoms with Crippen LogP contribution in [-0.4, -0.2) is 53.8 Å². The van der Waals surface area contributed by atoms with E-state index in [0.717, 1.165) is 0 Å². The Morgan fingerprint density at radius 2 is 1.61 bits per heavy atom. The van der Waals surface area contributed by atoms with Crippen LogP contribution in [0.5, 0.6) is 0 Å². The van der Waals surface area contributed by atoms with Gasteiger partial charge >= 0.3 is 0 Å². The van der Waals surface area contributed by atoms with Gasteiger partial charge < -0.3 is 9.80 Å². The summed E-state index contributed by atoms with van der Waals surface area (Å²) in [5.41, 5.74) is 4.83. The van der Waals surface area contributed by atoms with Crippen LogP contribution in [0.2, 0.25) is 0 Å². The van der Waals surface area contributed by atoms with Gasteiger partial charge in [-0.15, -0.1) is 0 Å². The van der Waals surface area contributed by atoms with Gasteiger partial charge in [-0.2, -0.15) is 0 Å². The van der Waals surface area contributed by atoms with Gasteiger partial charge in [-0.05, 0) is 60.6 Å². The Kier molecular flexibility index (Phi) is 6.59. The van der Waals surface area contributed by atoms with E-state index in [2.05, 4.69) is 48.3 Å². The third kappa shape index (κ3) is 4.68. The minimum Gasteiger partial charge on any atom is -0.348 e. The van der Waals surface area contributed by atoms with E-state index in [1.807, 2.05) is 31.1 Å². The van der Waals surface area contributed by atoms with Gasteiger partial charge in [0.25, 0.3) is 5.91 Å². The van der Waals surface area contributed by atoms with Crippen molar-refractivity contribution < 1.29 is 9.59 Å². The number of carbonyl (C=O) groups excluding carboxylic acids is 2. The second kappa shape index (κ2) is 9.57. The number of rotatable bonds is 5. The van der Waals surface area contributed by atoms with Crippen molar-refractivity contribution in [2.24, 2.45) is 5.41 Å². The minimum atomic E-state index is -0.534. The minimum absolute atomic E-state index is 0.0192. The first-order valence-corrected chi connectivity index (χ1v) is 11.5. The first kappa shape index (κ1) is 22.7. The number of hydrogen-bond acceptors (Lipinski definition) is 3. The van der Waals surface area contributed by atoms with Gasteiger partial charge in [0.2, 0.25) is 5.91 Å². The highest BCUT2D eigenvalue weighted by Crippen LogP contribution is 2.40. The molecule has 1 saturated heterocycles. The third-order valence-corrected chi connectivity index (χ3v) is 6.76. The number of aryl methyl sites for hydroxylation is 1. The zero-order valence-electron chi connectivity index (χ0n) is 19.6. The van der Waals surface area contributed by atoms with Crippen LogP contribution in [0.3, 0.4) is 0 Å². The average molecular weight is 442 g/mol. The molecule has 4 rings (SSSR count). The molecule has 5 heteroatoms. The standard InChI is InChI=1S/C28H31N3O2/c1-21-9-4-6-12-24(21)25-13-7-5-10-22(25)19-28(27(33)30(2)3)14-17-31(18-15-28)26(32)23-11-8-16-29-20-23/h4-13,16,20H,14-15,17-19H2,1-3H3. The van der Waals surface area contributed by atoms with Crippen LogP contribution in [0.4, 0.5) is 0 Å². The lowest BCUT2D eigenvalue weighted by atomic mass is 9.71. The summed E-state index contributed by atoms with van der Waals surface area (Å²) < 4.78 is 0. The van der Waals surface area contributed by atoms with Crippen LogP contribution in [0.15, 0.2) is 73.1 Å². The van der Waals surface area contributed by atoms with Crippen molar-refractivity contribution >= 4 is 11.8 Å². The highest BCUT2D eigenvalue weighted by molar-refractivity contribution is 5.94. The summed E-state index contributed by atoms with van der Waals surface area (Å²) in [6.07, 6.45) is 5.20. The maximum Gasteiger partial charge on any atom is 0.255 e. The van der Waals surface area contributed by atoms with E-state index >= 15 is 0 Å². The summed E-state index contributed by atoms with van der Waals surface area (Å²) in [6.45, 7) is 3.23. The fourth-order valence-electron chi connectivity index (χ4n) is 4.93. The fraction of sp³-hybridized carbons (Fsp3) is 0.321. The molecule has 1 aromatic heterocycles. The summed E-state index contributed by atoms with van der Waals surface area (Å²) in [5, 5.41) is 0. The van der Waals surface area contributed by atoms with Gasteiger partial charge in [-0.3, -0.25) is 14.6 Å². The molecule has 0 radical (unpaired) electrons. The number of nitrogens with zero attached hydrogens (tertiary/aromatic N) is 3. The molecule has 1 fully saturated rings. The number of piperidine rings is 1. The second-order valence-corrected chi connectivity index (χ2v) is 9.16. The van der Waals surface area contributed by atoms with E-state index in [0.29, 0.717) is 37.9 Å². The number of amides is 2. The summed E-state index contributed by atoms with van der Waals surface area (Å²) in [6, 6.07) is 20.3. The number of carbonyl (C=O) groups is 2. The lowest BCUT2D eigenvalue weighted by Crippen LogP contribution is -2.51. The Labute approximate surface area is 196 Å². The second-order valence-electron chi connectivity index (χ2n) is 9.16. The van der Waals surface area contributed by atoms with E-state index in [9.17, 15) is 9.59 Å². The van der Waals surface area contributed by atoms with Crippen LogP contribution >= 0.6 is 0 Å². The summed E-state index contributed by atoms with van der Waals surface area (Å²) in [7, 11) is 3.65. The first-order chi connectivity index (χ1) is 15.9. The number of aromatic nitrogens is 1. The van der Waals surface area contributed by atoms with Crippen LogP contribution in [-0.2, 0) is 11.2 Å². The highest BCUT2D eigenvalue weighted by Gasteiger charge is 2.43. The van der Waals surface area contributed by atoms with Gasteiger partial charge in [0.1, 0.15) is 0 Å². The molecule has 1 aliphatic heterocycles. The van der Waals surface area contributed by atoms with E-state index in [-0.39, 0.29) is 11.8 Å². The van der Waals surface area contributed by atoms with E-state index in [1.54, 1.807) is 29.4 Å². The SMILES string of the molecule is Cc1ccccc1-c1ccccc1CC1(C(=O)N(C)C)CCN(C(=O)c2cccnc2)CC1. The van der Waals surface area contributed by atoms with Crippen LogP contribution in [0.1, 0.15) is 34.3 Å². The number of pyridine rings is 1. The lowest BCUT2D eigenvalue weighted by molar-refractivity contribution is -0.142. The molecular formula is C28H31N3O2. The van der Waals surface area contributed by atoms with Gasteiger partial charge in [0.05, 0.1) is 11.0 Å². The summed E-state index contributed by atoms with van der Waals surface area (Å²) in [5.74, 6) is 0.116. The molecule has 2 amide bonds. The molecule has 0 atom stereocenters. The van der Waals surface area contributed by atoms with Crippen molar-refractivity contribution in [2.45, 2.75) is 26.2 Å². The predicted molar refractivity (Wildman–Crippen MR) is 131 cm³/mol. The Balaban J connectivity index is 1.62. The van der Waals surface area contributed by atoms with Crippen molar-refractivity contribution in [3.8, 4) is 11.1 Å². The Morgan fingerprint density at radius 3 is 2.24 bits per heavy atom. The molecule has 2 aromatic carbocycles. The predicted octanol–water partition coefficient (Wildman–Crippen LogP) is 4.61. The Morgan fingerprint density at radius 1 is 0.939 bits per heavy atom. The monoisotopic (exact) mass is 441 g/mol. The molecule has 1 aliphatic rings. The molecule has 170 valence electrons. The van der Waals surface area contributed by atoms with Crippen molar-refractivity contribution in [3.05, 3.63) is 89.7 Å². The van der Waals surface area contributed by atoms with Gasteiger partial charge in [0, 0.05) is 39.6 Å². The van der Waals surface area contributed by atoms with Gasteiger partial charge in [-0.1, -0.05) is 48.5 Å². The fourth-order valence-corrected chi connectivity index (χ4v) is 4.93. The maximum atomic E-state index is 13.5. The molecule has 33 heavy (non-hydrogen) atoms. The number of likely N-dealkylation sites (tertiary alicyclic amines) is 1. The van der Waals surface area contributed by atoms with E-state index < -0.39 is 5.41 Å². The summed E-state index contributed by atoms with van der Waals surface area (Å²) >= 11 is 0. The molecule has 0 N–H and O–H groups in total. The molecule has 0 aliphatic carbocycles. The van der Waals surface area contributed by atoms with Crippen LogP contribution < -0.4 is 0 Å². The van der Waals surface area contributed by atoms with Crippen LogP contribution in [0.25, 0.3) is 11.1 Å².